The van der Waals surface area contributed by atoms with Gasteiger partial charge in [0.25, 0.3) is 0 Å². The minimum absolute atomic E-state index is 0.204. The molecule has 0 bridgehead atoms. The van der Waals surface area contributed by atoms with E-state index in [0.29, 0.717) is 19.7 Å². The highest BCUT2D eigenvalue weighted by molar-refractivity contribution is 5.75. The number of likely N-dealkylation sites (tertiary alicyclic amines) is 1. The zero-order valence-electron chi connectivity index (χ0n) is 7.49. The molecule has 1 unspecified atom stereocenters. The van der Waals surface area contributed by atoms with Crippen molar-refractivity contribution in [2.75, 3.05) is 19.7 Å². The van der Waals surface area contributed by atoms with Crippen molar-refractivity contribution in [3.8, 4) is 0 Å². The number of hydrogen-bond donors (Lipinski definition) is 1. The van der Waals surface area contributed by atoms with Crippen molar-refractivity contribution < 1.29 is 14.6 Å². The molecule has 1 rings (SSSR count). The molecule has 0 spiro atoms. The molecule has 1 heterocycles. The second-order valence-electron chi connectivity index (χ2n) is 3.04. The van der Waals surface area contributed by atoms with Crippen LogP contribution in [0.4, 0.5) is 0 Å². The van der Waals surface area contributed by atoms with Crippen LogP contribution >= 0.6 is 0 Å². The van der Waals surface area contributed by atoms with Gasteiger partial charge in [-0.3, -0.25) is 9.69 Å². The molecule has 0 aromatic carbocycles. The van der Waals surface area contributed by atoms with Gasteiger partial charge in [-0.15, -0.1) is 0 Å². The molecule has 1 N–H and O–H groups in total. The van der Waals surface area contributed by atoms with Crippen LogP contribution in [0, 0.1) is 0 Å². The maximum absolute atomic E-state index is 11.1. The fraction of sp³-hybridized carbons (Fsp3) is 0.875. The highest BCUT2D eigenvalue weighted by Gasteiger charge is 2.32. The van der Waals surface area contributed by atoms with Crippen LogP contribution in [0.2, 0.25) is 0 Å². The first-order valence-electron chi connectivity index (χ1n) is 4.24. The molecule has 0 aromatic rings. The van der Waals surface area contributed by atoms with E-state index in [2.05, 4.69) is 0 Å². The Bertz CT molecular complexity index is 166. The predicted molar refractivity (Wildman–Crippen MR) is 43.7 cm³/mol. The molecule has 12 heavy (non-hydrogen) atoms. The van der Waals surface area contributed by atoms with Gasteiger partial charge in [-0.25, -0.2) is 0 Å². The first kappa shape index (κ1) is 9.48. The zero-order chi connectivity index (χ0) is 9.14. The third kappa shape index (κ3) is 1.95. The van der Waals surface area contributed by atoms with Crippen LogP contribution in [0.5, 0.6) is 0 Å². The Morgan fingerprint density at radius 1 is 1.75 bits per heavy atom. The Labute approximate surface area is 72.1 Å². The van der Waals surface area contributed by atoms with Crippen LogP contribution < -0.4 is 0 Å². The van der Waals surface area contributed by atoms with Gasteiger partial charge in [0, 0.05) is 13.1 Å². The molecule has 0 radical (unpaired) electrons. The summed E-state index contributed by atoms with van der Waals surface area (Å²) >= 11 is 0. The molecule has 1 atom stereocenters. The summed E-state index contributed by atoms with van der Waals surface area (Å²) < 4.78 is 4.83. The number of hydrogen-bond acceptors (Lipinski definition) is 4. The van der Waals surface area contributed by atoms with Gasteiger partial charge in [0.1, 0.15) is 6.04 Å². The Balaban J connectivity index is 2.27. The van der Waals surface area contributed by atoms with Gasteiger partial charge in [0.2, 0.25) is 0 Å². The Kier molecular flexibility index (Phi) is 3.05. The fourth-order valence-corrected chi connectivity index (χ4v) is 1.22. The molecule has 1 saturated heterocycles. The zero-order valence-corrected chi connectivity index (χ0v) is 7.49. The van der Waals surface area contributed by atoms with Crippen LogP contribution in [-0.4, -0.2) is 47.8 Å². The van der Waals surface area contributed by atoms with E-state index >= 15 is 0 Å². The monoisotopic (exact) mass is 173 g/mol. The molecule has 4 heteroatoms. The fourth-order valence-electron chi connectivity index (χ4n) is 1.22. The third-order valence-electron chi connectivity index (χ3n) is 2.07. The van der Waals surface area contributed by atoms with Gasteiger partial charge in [-0.1, -0.05) is 0 Å². The molecule has 0 aliphatic carbocycles. The van der Waals surface area contributed by atoms with Crippen molar-refractivity contribution in [1.82, 2.24) is 4.90 Å². The molecule has 0 saturated carbocycles. The van der Waals surface area contributed by atoms with E-state index < -0.39 is 0 Å². The number of rotatable bonds is 3. The summed E-state index contributed by atoms with van der Waals surface area (Å²) in [5.41, 5.74) is 0. The number of esters is 1. The molecular formula is C8H15NO3. The summed E-state index contributed by atoms with van der Waals surface area (Å²) in [7, 11) is 0. The summed E-state index contributed by atoms with van der Waals surface area (Å²) in [6.45, 7) is 5.17. The van der Waals surface area contributed by atoms with E-state index in [-0.39, 0.29) is 18.1 Å². The normalized spacial score (nSPS) is 21.6. The van der Waals surface area contributed by atoms with Gasteiger partial charge in [-0.05, 0) is 13.8 Å². The van der Waals surface area contributed by atoms with E-state index in [4.69, 9.17) is 9.84 Å². The van der Waals surface area contributed by atoms with Crippen molar-refractivity contribution in [2.24, 2.45) is 0 Å². The summed E-state index contributed by atoms with van der Waals surface area (Å²) in [6.07, 6.45) is -0.262. The Hall–Kier alpha value is -0.610. The van der Waals surface area contributed by atoms with Gasteiger partial charge in [-0.2, -0.15) is 0 Å². The largest absolute Gasteiger partial charge is 0.465 e. The third-order valence-corrected chi connectivity index (χ3v) is 2.07. The van der Waals surface area contributed by atoms with Crippen LogP contribution in [0.1, 0.15) is 13.8 Å². The van der Waals surface area contributed by atoms with Gasteiger partial charge in [0.15, 0.2) is 0 Å². The summed E-state index contributed by atoms with van der Waals surface area (Å²) in [6, 6.07) is -0.214. The van der Waals surface area contributed by atoms with Crippen molar-refractivity contribution in [2.45, 2.75) is 26.0 Å². The number of β-amino-alcohol motifs (C(OH)–C–C–N with tert-alkyl or cyclic N) is 1. The van der Waals surface area contributed by atoms with Gasteiger partial charge in [0.05, 0.1) is 12.7 Å². The molecule has 1 aliphatic rings. The van der Waals surface area contributed by atoms with E-state index in [9.17, 15) is 4.79 Å². The molecule has 1 aliphatic heterocycles. The number of carbonyl (C=O) groups is 1. The van der Waals surface area contributed by atoms with E-state index in [1.807, 2.05) is 4.90 Å². The lowest BCUT2D eigenvalue weighted by Gasteiger charge is -2.38. The van der Waals surface area contributed by atoms with Crippen molar-refractivity contribution in [3.63, 3.8) is 0 Å². The molecule has 4 nitrogen and oxygen atoms in total. The first-order valence-corrected chi connectivity index (χ1v) is 4.24. The molecular weight excluding hydrogens is 158 g/mol. The lowest BCUT2D eigenvalue weighted by Crippen LogP contribution is -2.57. The predicted octanol–water partition coefficient (Wildman–Crippen LogP) is -0.385. The lowest BCUT2D eigenvalue weighted by atomic mass is 10.1. The maximum Gasteiger partial charge on any atom is 0.323 e. The summed E-state index contributed by atoms with van der Waals surface area (Å²) in [5.74, 6) is -0.204. The van der Waals surface area contributed by atoms with E-state index in [1.54, 1.807) is 13.8 Å². The topological polar surface area (TPSA) is 49.8 Å². The van der Waals surface area contributed by atoms with Crippen LogP contribution in [0.25, 0.3) is 0 Å². The molecule has 0 aromatic heterocycles. The Morgan fingerprint density at radius 2 is 2.33 bits per heavy atom. The second kappa shape index (κ2) is 3.87. The lowest BCUT2D eigenvalue weighted by molar-refractivity contribution is -0.153. The summed E-state index contributed by atoms with van der Waals surface area (Å²) in [5, 5.41) is 8.99. The van der Waals surface area contributed by atoms with E-state index in [1.165, 1.54) is 0 Å². The molecule has 0 amide bonds. The molecule has 70 valence electrons. The maximum atomic E-state index is 11.1. The van der Waals surface area contributed by atoms with Gasteiger partial charge >= 0.3 is 5.97 Å². The molecule has 1 fully saturated rings. The number of ether oxygens (including phenoxy) is 1. The highest BCUT2D eigenvalue weighted by Crippen LogP contribution is 2.12. The number of aliphatic hydroxyl groups excluding tert-OH is 1. The van der Waals surface area contributed by atoms with Gasteiger partial charge < -0.3 is 9.84 Å². The minimum Gasteiger partial charge on any atom is -0.465 e. The first-order chi connectivity index (χ1) is 5.65. The number of nitrogens with zero attached hydrogens (tertiary/aromatic N) is 1. The average molecular weight is 173 g/mol. The van der Waals surface area contributed by atoms with Crippen molar-refractivity contribution in [3.05, 3.63) is 0 Å². The SMILES string of the molecule is CCOC(=O)C(C)N1CC(O)C1. The van der Waals surface area contributed by atoms with Crippen LogP contribution in [0.15, 0.2) is 0 Å². The Morgan fingerprint density at radius 3 is 2.75 bits per heavy atom. The number of aliphatic hydroxyl groups is 1. The highest BCUT2D eigenvalue weighted by atomic mass is 16.5. The standard InChI is InChI=1S/C8H15NO3/c1-3-12-8(11)6(2)9-4-7(10)5-9/h6-7,10H,3-5H2,1-2H3. The van der Waals surface area contributed by atoms with Crippen molar-refractivity contribution >= 4 is 5.97 Å². The minimum atomic E-state index is -0.262. The van der Waals surface area contributed by atoms with Crippen molar-refractivity contribution in [1.29, 1.82) is 0 Å². The second-order valence-corrected chi connectivity index (χ2v) is 3.04. The van der Waals surface area contributed by atoms with Crippen LogP contribution in [0.3, 0.4) is 0 Å². The van der Waals surface area contributed by atoms with E-state index in [0.717, 1.165) is 0 Å². The number of carbonyl (C=O) groups excluding carboxylic acids is 1. The quantitative estimate of drug-likeness (QED) is 0.591. The smallest absolute Gasteiger partial charge is 0.323 e. The summed E-state index contributed by atoms with van der Waals surface area (Å²) in [4.78, 5) is 13.0. The van der Waals surface area contributed by atoms with Crippen LogP contribution in [-0.2, 0) is 9.53 Å². The average Bonchev–Trinajstić information content (AvgIpc) is 1.98.